The third-order valence-corrected chi connectivity index (χ3v) is 4.34. The zero-order valence-corrected chi connectivity index (χ0v) is 12.7. The Morgan fingerprint density at radius 2 is 1.91 bits per heavy atom. The largest absolute Gasteiger partial charge is 0.508 e. The number of ether oxygens (including phenoxy) is 1. The molecule has 6 nitrogen and oxygen atoms in total. The van der Waals surface area contributed by atoms with E-state index in [0.29, 0.717) is 19.1 Å². The predicted octanol–water partition coefficient (Wildman–Crippen LogP) is 1.85. The van der Waals surface area contributed by atoms with E-state index in [2.05, 4.69) is 6.58 Å². The molecule has 23 heavy (non-hydrogen) atoms. The minimum absolute atomic E-state index is 0.0884. The van der Waals surface area contributed by atoms with Crippen LogP contribution in [-0.4, -0.2) is 35.4 Å². The van der Waals surface area contributed by atoms with E-state index in [1.54, 1.807) is 0 Å². The number of hydrogen-bond acceptors (Lipinski definition) is 6. The zero-order chi connectivity index (χ0) is 17.1. The number of Topliss-reactive ketones (excluding diaryl/α,β-unsaturated/α-hetero) is 1. The number of allylic oxidation sites excluding steroid dienone is 1. The van der Waals surface area contributed by atoms with E-state index in [1.165, 1.54) is 19.2 Å². The molecule has 1 saturated carbocycles. The first-order valence-corrected chi connectivity index (χ1v) is 7.18. The zero-order valence-electron chi connectivity index (χ0n) is 12.7. The van der Waals surface area contributed by atoms with Gasteiger partial charge < -0.3 is 14.9 Å². The molecular formula is C17H18O6. The smallest absolute Gasteiger partial charge is 0.309 e. The van der Waals surface area contributed by atoms with Crippen molar-refractivity contribution in [1.29, 1.82) is 0 Å². The fraction of sp³-hybridized carbons (Fsp3) is 0.353. The van der Waals surface area contributed by atoms with Crippen molar-refractivity contribution >= 4 is 18.0 Å². The Labute approximate surface area is 133 Å². The molecule has 3 atom stereocenters. The van der Waals surface area contributed by atoms with Crippen molar-refractivity contribution in [1.82, 2.24) is 0 Å². The third-order valence-electron chi connectivity index (χ3n) is 4.34. The summed E-state index contributed by atoms with van der Waals surface area (Å²) < 4.78 is 4.75. The normalized spacial score (nSPS) is 23.3. The lowest BCUT2D eigenvalue weighted by molar-refractivity contribution is -0.146. The van der Waals surface area contributed by atoms with Gasteiger partial charge in [0.1, 0.15) is 17.8 Å². The van der Waals surface area contributed by atoms with E-state index >= 15 is 0 Å². The molecule has 0 aromatic heterocycles. The lowest BCUT2D eigenvalue weighted by Crippen LogP contribution is -2.31. The van der Waals surface area contributed by atoms with Crippen molar-refractivity contribution in [2.24, 2.45) is 17.8 Å². The number of rotatable bonds is 5. The summed E-state index contributed by atoms with van der Waals surface area (Å²) in [4.78, 5) is 35.9. The molecule has 1 aromatic carbocycles. The maximum Gasteiger partial charge on any atom is 0.309 e. The van der Waals surface area contributed by atoms with Crippen LogP contribution in [0.3, 0.4) is 0 Å². The first-order valence-electron chi connectivity index (χ1n) is 7.18. The Balaban J connectivity index is 2.45. The molecule has 1 fully saturated rings. The number of carbonyl (C=O) groups excluding carboxylic acids is 3. The maximum atomic E-state index is 12.8. The van der Waals surface area contributed by atoms with E-state index in [1.807, 2.05) is 0 Å². The number of phenolic OH excluding ortho intramolecular Hbond substituents is 2. The fourth-order valence-corrected chi connectivity index (χ4v) is 3.18. The molecule has 1 aliphatic rings. The minimum Gasteiger partial charge on any atom is -0.508 e. The van der Waals surface area contributed by atoms with E-state index in [4.69, 9.17) is 4.74 Å². The summed E-state index contributed by atoms with van der Waals surface area (Å²) in [7, 11) is 1.23. The highest BCUT2D eigenvalue weighted by Gasteiger charge is 2.46. The van der Waals surface area contributed by atoms with Crippen molar-refractivity contribution < 1.29 is 29.3 Å². The molecule has 0 aliphatic heterocycles. The van der Waals surface area contributed by atoms with Crippen LogP contribution in [0.25, 0.3) is 0 Å². The molecule has 1 aromatic rings. The average Bonchev–Trinajstić information content (AvgIpc) is 2.99. The van der Waals surface area contributed by atoms with Gasteiger partial charge in [-0.1, -0.05) is 6.58 Å². The van der Waals surface area contributed by atoms with Gasteiger partial charge in [0.15, 0.2) is 5.78 Å². The predicted molar refractivity (Wildman–Crippen MR) is 81.0 cm³/mol. The second-order valence-electron chi connectivity index (χ2n) is 5.60. The average molecular weight is 318 g/mol. The van der Waals surface area contributed by atoms with Gasteiger partial charge in [0.25, 0.3) is 0 Å². The summed E-state index contributed by atoms with van der Waals surface area (Å²) >= 11 is 0. The molecule has 1 aliphatic carbocycles. The molecule has 0 amide bonds. The molecule has 0 heterocycles. The van der Waals surface area contributed by atoms with Gasteiger partial charge in [0.05, 0.1) is 18.6 Å². The number of ketones is 1. The van der Waals surface area contributed by atoms with Crippen LogP contribution in [0, 0.1) is 17.8 Å². The van der Waals surface area contributed by atoms with E-state index < -0.39 is 29.5 Å². The molecule has 2 N–H and O–H groups in total. The molecule has 0 saturated heterocycles. The highest BCUT2D eigenvalue weighted by Crippen LogP contribution is 2.43. The lowest BCUT2D eigenvalue weighted by Gasteiger charge is -2.22. The van der Waals surface area contributed by atoms with E-state index in [9.17, 15) is 24.6 Å². The third kappa shape index (κ3) is 3.11. The summed E-state index contributed by atoms with van der Waals surface area (Å²) in [6, 6.07) is 3.60. The quantitative estimate of drug-likeness (QED) is 0.282. The van der Waals surface area contributed by atoms with Crippen molar-refractivity contribution in [2.45, 2.75) is 12.8 Å². The van der Waals surface area contributed by atoms with Gasteiger partial charge in [-0.3, -0.25) is 14.4 Å². The van der Waals surface area contributed by atoms with Crippen LogP contribution in [0.15, 0.2) is 30.4 Å². The van der Waals surface area contributed by atoms with E-state index in [-0.39, 0.29) is 22.6 Å². The van der Waals surface area contributed by atoms with Crippen LogP contribution in [-0.2, 0) is 14.3 Å². The van der Waals surface area contributed by atoms with Gasteiger partial charge in [0.2, 0.25) is 0 Å². The lowest BCUT2D eigenvalue weighted by atomic mass is 9.80. The SMILES string of the molecule is C=C(C=O)[C@H]1CC[C@@H](C(=O)OC)[C@@H]1C(=O)c1cc(O)ccc1O. The van der Waals surface area contributed by atoms with Gasteiger partial charge in [-0.25, -0.2) is 0 Å². The first kappa shape index (κ1) is 16.7. The summed E-state index contributed by atoms with van der Waals surface area (Å²) in [5.41, 5.74) is 0.142. The summed E-state index contributed by atoms with van der Waals surface area (Å²) in [6.07, 6.45) is 1.42. The number of aromatic hydroxyl groups is 2. The first-order chi connectivity index (χ1) is 10.9. The summed E-state index contributed by atoms with van der Waals surface area (Å²) in [5, 5.41) is 19.4. The Kier molecular flexibility index (Phi) is 4.83. The monoisotopic (exact) mass is 318 g/mol. The number of phenols is 2. The molecule has 6 heteroatoms. The van der Waals surface area contributed by atoms with Crippen LogP contribution in [0.5, 0.6) is 11.5 Å². The molecule has 0 spiro atoms. The van der Waals surface area contributed by atoms with Crippen molar-refractivity contribution in [3.05, 3.63) is 35.9 Å². The van der Waals surface area contributed by atoms with Gasteiger partial charge in [0, 0.05) is 5.92 Å². The van der Waals surface area contributed by atoms with Crippen LogP contribution < -0.4 is 0 Å². The van der Waals surface area contributed by atoms with Crippen LogP contribution in [0.4, 0.5) is 0 Å². The maximum absolute atomic E-state index is 12.8. The standard InChI is InChI=1S/C17H18O6/c1-9(8-18)11-4-5-12(17(22)23-2)15(11)16(21)13-7-10(19)3-6-14(13)20/h3,6-8,11-12,15,19-20H,1,4-5H2,2H3/t11-,12-,15-/m1/s1. The minimum atomic E-state index is -0.854. The van der Waals surface area contributed by atoms with Crippen molar-refractivity contribution in [3.63, 3.8) is 0 Å². The number of methoxy groups -OCH3 is 1. The van der Waals surface area contributed by atoms with Crippen molar-refractivity contribution in [3.8, 4) is 11.5 Å². The summed E-state index contributed by atoms with van der Waals surface area (Å²) in [5.74, 6) is -3.58. The Morgan fingerprint density at radius 3 is 2.52 bits per heavy atom. The van der Waals surface area contributed by atoms with Gasteiger partial charge in [-0.05, 0) is 42.5 Å². The molecular weight excluding hydrogens is 300 g/mol. The second kappa shape index (κ2) is 6.64. The molecule has 0 bridgehead atoms. The number of hydrogen-bond donors (Lipinski definition) is 2. The van der Waals surface area contributed by atoms with Gasteiger partial charge >= 0.3 is 5.97 Å². The van der Waals surface area contributed by atoms with Gasteiger partial charge in [-0.2, -0.15) is 0 Å². The Morgan fingerprint density at radius 1 is 1.26 bits per heavy atom. The summed E-state index contributed by atoms with van der Waals surface area (Å²) in [6.45, 7) is 3.66. The van der Waals surface area contributed by atoms with Gasteiger partial charge in [-0.15, -0.1) is 0 Å². The number of benzene rings is 1. The second-order valence-corrected chi connectivity index (χ2v) is 5.60. The van der Waals surface area contributed by atoms with Crippen LogP contribution >= 0.6 is 0 Å². The Hall–Kier alpha value is -2.63. The molecule has 0 radical (unpaired) electrons. The van der Waals surface area contributed by atoms with Crippen LogP contribution in [0.1, 0.15) is 23.2 Å². The molecule has 0 unspecified atom stereocenters. The van der Waals surface area contributed by atoms with E-state index in [0.717, 1.165) is 6.07 Å². The molecule has 2 rings (SSSR count). The number of carbonyl (C=O) groups is 3. The van der Waals surface area contributed by atoms with Crippen LogP contribution in [0.2, 0.25) is 0 Å². The highest BCUT2D eigenvalue weighted by atomic mass is 16.5. The number of esters is 1. The topological polar surface area (TPSA) is 101 Å². The van der Waals surface area contributed by atoms with Crippen molar-refractivity contribution in [2.75, 3.05) is 7.11 Å². The Bertz CT molecular complexity index is 663. The number of aldehydes is 1. The fourth-order valence-electron chi connectivity index (χ4n) is 3.18. The highest BCUT2D eigenvalue weighted by molar-refractivity contribution is 6.03. The molecule has 122 valence electrons.